The Hall–Kier alpha value is -2.06. The zero-order valence-corrected chi connectivity index (χ0v) is 15.4. The highest BCUT2D eigenvalue weighted by atomic mass is 32.2. The fourth-order valence-electron chi connectivity index (χ4n) is 2.57. The monoisotopic (exact) mass is 361 g/mol. The van der Waals surface area contributed by atoms with Crippen molar-refractivity contribution < 1.29 is 9.21 Å². The lowest BCUT2D eigenvalue weighted by Gasteiger charge is -2.33. The van der Waals surface area contributed by atoms with E-state index in [4.69, 9.17) is 4.42 Å². The molecule has 0 unspecified atom stereocenters. The summed E-state index contributed by atoms with van der Waals surface area (Å²) in [5.74, 6) is 1.90. The van der Waals surface area contributed by atoms with Crippen molar-refractivity contribution in [1.29, 1.82) is 0 Å². The largest absolute Gasteiger partial charge is 0.467 e. The molecule has 0 saturated carbocycles. The van der Waals surface area contributed by atoms with E-state index in [-0.39, 0.29) is 11.7 Å². The van der Waals surface area contributed by atoms with Crippen molar-refractivity contribution in [2.24, 2.45) is 0 Å². The number of thioether (sulfide) groups is 1. The molecule has 1 aliphatic rings. The highest BCUT2D eigenvalue weighted by Gasteiger charge is 2.17. The quantitative estimate of drug-likeness (QED) is 0.618. The first-order valence-corrected chi connectivity index (χ1v) is 9.30. The number of rotatable bonds is 6. The molecule has 0 aliphatic carbocycles. The summed E-state index contributed by atoms with van der Waals surface area (Å²) in [6.07, 6.45) is 1.59. The molecule has 0 aromatic carbocycles. The second-order valence-electron chi connectivity index (χ2n) is 6.09. The van der Waals surface area contributed by atoms with Crippen LogP contribution < -0.4 is 10.2 Å². The minimum absolute atomic E-state index is 0.0624. The molecule has 2 aromatic rings. The number of aromatic nitrogens is 2. The van der Waals surface area contributed by atoms with Gasteiger partial charge >= 0.3 is 0 Å². The van der Waals surface area contributed by atoms with E-state index in [9.17, 15) is 4.79 Å². The van der Waals surface area contributed by atoms with Gasteiger partial charge in [0.15, 0.2) is 5.16 Å². The summed E-state index contributed by atoms with van der Waals surface area (Å²) in [5, 5.41) is 3.47. The van der Waals surface area contributed by atoms with Crippen molar-refractivity contribution in [3.63, 3.8) is 0 Å². The van der Waals surface area contributed by atoms with Gasteiger partial charge in [-0.25, -0.2) is 9.97 Å². The van der Waals surface area contributed by atoms with E-state index < -0.39 is 0 Å². The molecule has 0 spiro atoms. The van der Waals surface area contributed by atoms with Gasteiger partial charge in [-0.15, -0.1) is 0 Å². The molecular formula is C17H23N5O2S. The fraction of sp³-hybridized carbons (Fsp3) is 0.471. The normalized spacial score (nSPS) is 15.4. The van der Waals surface area contributed by atoms with Gasteiger partial charge in [-0.2, -0.15) is 0 Å². The van der Waals surface area contributed by atoms with Gasteiger partial charge in [0.25, 0.3) is 0 Å². The topological polar surface area (TPSA) is 74.5 Å². The summed E-state index contributed by atoms with van der Waals surface area (Å²) < 4.78 is 5.20. The standard InChI is InChI=1S/C17H23N5O2S/c1-13-10-15(22-7-5-21(2)6-8-22)20-17(19-13)25-12-16(23)18-11-14-4-3-9-24-14/h3-4,9-10H,5-8,11-12H2,1-2H3,(H,18,23). The lowest BCUT2D eigenvalue weighted by Crippen LogP contribution is -2.44. The Bertz CT molecular complexity index is 699. The average Bonchev–Trinajstić information content (AvgIpc) is 3.12. The van der Waals surface area contributed by atoms with E-state index in [1.54, 1.807) is 12.3 Å². The number of piperazine rings is 1. The molecule has 0 atom stereocenters. The van der Waals surface area contributed by atoms with Gasteiger partial charge < -0.3 is 19.5 Å². The van der Waals surface area contributed by atoms with Crippen LogP contribution in [0.25, 0.3) is 0 Å². The van der Waals surface area contributed by atoms with Crippen molar-refractivity contribution in [2.45, 2.75) is 18.6 Å². The van der Waals surface area contributed by atoms with Gasteiger partial charge in [0.05, 0.1) is 18.6 Å². The first-order chi connectivity index (χ1) is 12.1. The van der Waals surface area contributed by atoms with Crippen molar-refractivity contribution in [3.05, 3.63) is 35.9 Å². The number of nitrogens with zero attached hydrogens (tertiary/aromatic N) is 4. The Kier molecular flexibility index (Phi) is 5.93. The number of aryl methyl sites for hydroxylation is 1. The predicted octanol–water partition coefficient (Wildman–Crippen LogP) is 1.54. The van der Waals surface area contributed by atoms with E-state index in [0.717, 1.165) is 43.5 Å². The maximum absolute atomic E-state index is 12.0. The summed E-state index contributed by atoms with van der Waals surface area (Å²) in [7, 11) is 2.13. The Morgan fingerprint density at radius 3 is 2.84 bits per heavy atom. The summed E-state index contributed by atoms with van der Waals surface area (Å²) in [5.41, 5.74) is 0.919. The summed E-state index contributed by atoms with van der Waals surface area (Å²) >= 11 is 1.36. The Balaban J connectivity index is 1.54. The molecule has 134 valence electrons. The molecule has 1 N–H and O–H groups in total. The van der Waals surface area contributed by atoms with E-state index >= 15 is 0 Å². The van der Waals surface area contributed by atoms with E-state index in [2.05, 4.69) is 32.1 Å². The first kappa shape index (κ1) is 17.8. The molecule has 1 amide bonds. The van der Waals surface area contributed by atoms with Crippen LogP contribution in [0, 0.1) is 6.92 Å². The lowest BCUT2D eigenvalue weighted by atomic mass is 10.3. The van der Waals surface area contributed by atoms with Crippen molar-refractivity contribution in [3.8, 4) is 0 Å². The van der Waals surface area contributed by atoms with Crippen molar-refractivity contribution >= 4 is 23.5 Å². The van der Waals surface area contributed by atoms with Crippen LogP contribution in [0.3, 0.4) is 0 Å². The maximum atomic E-state index is 12.0. The molecule has 1 saturated heterocycles. The molecule has 2 aromatic heterocycles. The molecule has 1 fully saturated rings. The second kappa shape index (κ2) is 8.35. The Labute approximate surface area is 151 Å². The molecule has 7 nitrogen and oxygen atoms in total. The van der Waals surface area contributed by atoms with Crippen molar-refractivity contribution in [1.82, 2.24) is 20.2 Å². The molecule has 3 rings (SSSR count). The predicted molar refractivity (Wildman–Crippen MR) is 97.8 cm³/mol. The van der Waals surface area contributed by atoms with E-state index in [0.29, 0.717) is 11.7 Å². The molecule has 3 heterocycles. The highest BCUT2D eigenvalue weighted by Crippen LogP contribution is 2.20. The zero-order valence-electron chi connectivity index (χ0n) is 14.6. The fourth-order valence-corrected chi connectivity index (χ4v) is 3.30. The van der Waals surface area contributed by atoms with Gasteiger partial charge in [-0.1, -0.05) is 11.8 Å². The third-order valence-corrected chi connectivity index (χ3v) is 4.87. The molecular weight excluding hydrogens is 338 g/mol. The number of amides is 1. The molecule has 0 radical (unpaired) electrons. The van der Waals surface area contributed by atoms with Crippen LogP contribution in [0.5, 0.6) is 0 Å². The second-order valence-corrected chi connectivity index (χ2v) is 7.03. The Morgan fingerprint density at radius 2 is 2.12 bits per heavy atom. The van der Waals surface area contributed by atoms with Crippen LogP contribution in [0.1, 0.15) is 11.5 Å². The van der Waals surface area contributed by atoms with Crippen LogP contribution in [0.15, 0.2) is 34.0 Å². The molecule has 0 bridgehead atoms. The minimum atomic E-state index is -0.0624. The number of anilines is 1. The Morgan fingerprint density at radius 1 is 1.32 bits per heavy atom. The van der Waals surface area contributed by atoms with Crippen LogP contribution in [0.4, 0.5) is 5.82 Å². The number of hydrogen-bond acceptors (Lipinski definition) is 7. The molecule has 8 heteroatoms. The number of carbonyl (C=O) groups is 1. The van der Waals surface area contributed by atoms with E-state index in [1.807, 2.05) is 19.1 Å². The number of likely N-dealkylation sites (N-methyl/N-ethyl adjacent to an activating group) is 1. The lowest BCUT2D eigenvalue weighted by molar-refractivity contribution is -0.118. The van der Waals surface area contributed by atoms with Crippen LogP contribution in [-0.4, -0.2) is 59.8 Å². The minimum Gasteiger partial charge on any atom is -0.467 e. The highest BCUT2D eigenvalue weighted by molar-refractivity contribution is 7.99. The number of furan rings is 1. The van der Waals surface area contributed by atoms with Crippen LogP contribution in [0.2, 0.25) is 0 Å². The van der Waals surface area contributed by atoms with E-state index in [1.165, 1.54) is 11.8 Å². The van der Waals surface area contributed by atoms with Gasteiger partial charge in [0.2, 0.25) is 5.91 Å². The van der Waals surface area contributed by atoms with Gasteiger partial charge in [-0.3, -0.25) is 4.79 Å². The van der Waals surface area contributed by atoms with Gasteiger partial charge in [0.1, 0.15) is 11.6 Å². The van der Waals surface area contributed by atoms with Crippen molar-refractivity contribution in [2.75, 3.05) is 43.9 Å². The smallest absolute Gasteiger partial charge is 0.230 e. The van der Waals surface area contributed by atoms with Gasteiger partial charge in [0, 0.05) is 37.9 Å². The van der Waals surface area contributed by atoms with Crippen LogP contribution in [-0.2, 0) is 11.3 Å². The summed E-state index contributed by atoms with van der Waals surface area (Å²) in [6.45, 7) is 6.33. The zero-order chi connectivity index (χ0) is 17.6. The first-order valence-electron chi connectivity index (χ1n) is 8.31. The summed E-state index contributed by atoms with van der Waals surface area (Å²) in [4.78, 5) is 25.6. The molecule has 25 heavy (non-hydrogen) atoms. The maximum Gasteiger partial charge on any atom is 0.230 e. The van der Waals surface area contributed by atoms with Gasteiger partial charge in [-0.05, 0) is 26.1 Å². The third-order valence-electron chi connectivity index (χ3n) is 4.02. The number of nitrogens with one attached hydrogen (secondary N) is 1. The molecule has 1 aliphatic heterocycles. The average molecular weight is 361 g/mol. The van der Waals surface area contributed by atoms with Crippen LogP contribution >= 0.6 is 11.8 Å². The third kappa shape index (κ3) is 5.20. The number of carbonyl (C=O) groups excluding carboxylic acids is 1. The SMILES string of the molecule is Cc1cc(N2CCN(C)CC2)nc(SCC(=O)NCc2ccco2)n1. The number of hydrogen-bond donors (Lipinski definition) is 1. The summed E-state index contributed by atoms with van der Waals surface area (Å²) in [6, 6.07) is 5.64.